The van der Waals surface area contributed by atoms with Gasteiger partial charge in [0.25, 0.3) is 0 Å². The van der Waals surface area contributed by atoms with E-state index >= 15 is 0 Å². The summed E-state index contributed by atoms with van der Waals surface area (Å²) in [7, 11) is 0. The molecule has 1 nitrogen and oxygen atoms in total. The first-order chi connectivity index (χ1) is 9.69. The number of rotatable bonds is 1. The fraction of sp³-hybridized carbons (Fsp3) is 0.118. The average Bonchev–Trinajstić information content (AvgIpc) is 2.46. The van der Waals surface area contributed by atoms with E-state index in [0.717, 1.165) is 34.0 Å². The Morgan fingerprint density at radius 2 is 1.80 bits per heavy atom. The molecule has 0 bridgehead atoms. The second-order valence-corrected chi connectivity index (χ2v) is 5.69. The Morgan fingerprint density at radius 1 is 1.05 bits per heavy atom. The van der Waals surface area contributed by atoms with E-state index < -0.39 is 0 Å². The Hall–Kier alpha value is -1.92. The van der Waals surface area contributed by atoms with Gasteiger partial charge in [0, 0.05) is 4.47 Å². The van der Waals surface area contributed by atoms with Gasteiger partial charge in [-0.2, -0.15) is 5.26 Å². The van der Waals surface area contributed by atoms with Crippen molar-refractivity contribution in [2.45, 2.75) is 12.8 Å². The van der Waals surface area contributed by atoms with Gasteiger partial charge in [-0.25, -0.2) is 4.39 Å². The predicted octanol–water partition coefficient (Wildman–Crippen LogP) is 4.97. The molecule has 2 aromatic rings. The van der Waals surface area contributed by atoms with Gasteiger partial charge in [-0.3, -0.25) is 0 Å². The fourth-order valence-electron chi connectivity index (χ4n) is 2.63. The lowest BCUT2D eigenvalue weighted by molar-refractivity contribution is 0.627. The van der Waals surface area contributed by atoms with Crippen molar-refractivity contribution in [2.24, 2.45) is 0 Å². The lowest BCUT2D eigenvalue weighted by atomic mass is 9.83. The number of benzene rings is 2. The standard InChI is InChI=1S/C17H11BrFN/c18-13-4-8-16-12(9-13)3-7-15(17(16)10-20)11-1-5-14(19)6-2-11/h1-2,4-6,8-9H,3,7H2. The SMILES string of the molecule is N#CC1=C(c2ccc(F)cc2)CCc2cc(Br)ccc21. The van der Waals surface area contributed by atoms with Crippen molar-refractivity contribution >= 4 is 27.1 Å². The van der Waals surface area contributed by atoms with Crippen molar-refractivity contribution in [3.63, 3.8) is 0 Å². The molecule has 0 heterocycles. The van der Waals surface area contributed by atoms with Gasteiger partial charge in [0.1, 0.15) is 11.9 Å². The topological polar surface area (TPSA) is 23.8 Å². The van der Waals surface area contributed by atoms with E-state index in [1.807, 2.05) is 12.1 Å². The Balaban J connectivity index is 2.17. The van der Waals surface area contributed by atoms with Crippen LogP contribution in [-0.4, -0.2) is 0 Å². The average molecular weight is 328 g/mol. The highest BCUT2D eigenvalue weighted by Crippen LogP contribution is 2.37. The molecule has 0 radical (unpaired) electrons. The summed E-state index contributed by atoms with van der Waals surface area (Å²) in [6.07, 6.45) is 1.70. The van der Waals surface area contributed by atoms with Crippen molar-refractivity contribution in [1.29, 1.82) is 5.26 Å². The molecule has 1 aliphatic rings. The highest BCUT2D eigenvalue weighted by atomic mass is 79.9. The van der Waals surface area contributed by atoms with Crippen LogP contribution in [-0.2, 0) is 6.42 Å². The van der Waals surface area contributed by atoms with E-state index in [9.17, 15) is 9.65 Å². The monoisotopic (exact) mass is 327 g/mol. The highest BCUT2D eigenvalue weighted by molar-refractivity contribution is 9.10. The second-order valence-electron chi connectivity index (χ2n) is 4.77. The smallest absolute Gasteiger partial charge is 0.123 e. The Kier molecular flexibility index (Phi) is 3.42. The number of fused-ring (bicyclic) bond motifs is 1. The maximum atomic E-state index is 13.0. The molecule has 0 aliphatic heterocycles. The number of hydrogen-bond donors (Lipinski definition) is 0. The number of aryl methyl sites for hydroxylation is 1. The third-order valence-corrected chi connectivity index (χ3v) is 4.08. The lowest BCUT2D eigenvalue weighted by Crippen LogP contribution is -2.04. The Morgan fingerprint density at radius 3 is 2.50 bits per heavy atom. The van der Waals surface area contributed by atoms with Gasteiger partial charge in [0.05, 0.1) is 5.57 Å². The summed E-state index contributed by atoms with van der Waals surface area (Å²) in [6.45, 7) is 0. The molecule has 1 aliphatic carbocycles. The van der Waals surface area contributed by atoms with Crippen molar-refractivity contribution in [3.8, 4) is 6.07 Å². The van der Waals surface area contributed by atoms with Gasteiger partial charge in [0.2, 0.25) is 0 Å². The van der Waals surface area contributed by atoms with Crippen LogP contribution in [0.4, 0.5) is 4.39 Å². The van der Waals surface area contributed by atoms with Crippen molar-refractivity contribution in [3.05, 3.63) is 69.4 Å². The van der Waals surface area contributed by atoms with Crippen LogP contribution in [0.1, 0.15) is 23.1 Å². The van der Waals surface area contributed by atoms with E-state index in [2.05, 4.69) is 28.1 Å². The summed E-state index contributed by atoms with van der Waals surface area (Å²) in [5.74, 6) is -0.256. The van der Waals surface area contributed by atoms with Crippen LogP contribution in [0.2, 0.25) is 0 Å². The molecule has 0 saturated carbocycles. The Labute approximate surface area is 125 Å². The van der Waals surface area contributed by atoms with Crippen LogP contribution in [0.5, 0.6) is 0 Å². The van der Waals surface area contributed by atoms with Crippen LogP contribution in [0, 0.1) is 17.1 Å². The minimum atomic E-state index is -0.256. The van der Waals surface area contributed by atoms with E-state index in [0.29, 0.717) is 5.57 Å². The molecule has 0 unspecified atom stereocenters. The summed E-state index contributed by atoms with van der Waals surface area (Å²) >= 11 is 3.46. The van der Waals surface area contributed by atoms with Crippen LogP contribution in [0.3, 0.4) is 0 Å². The predicted molar refractivity (Wildman–Crippen MR) is 81.3 cm³/mol. The maximum Gasteiger partial charge on any atom is 0.123 e. The molecule has 0 amide bonds. The molecule has 3 heteroatoms. The van der Waals surface area contributed by atoms with Gasteiger partial charge >= 0.3 is 0 Å². The third kappa shape index (κ3) is 2.28. The van der Waals surface area contributed by atoms with E-state index in [1.54, 1.807) is 12.1 Å². The summed E-state index contributed by atoms with van der Waals surface area (Å²) in [6, 6.07) is 14.7. The van der Waals surface area contributed by atoms with Crippen molar-refractivity contribution in [1.82, 2.24) is 0 Å². The minimum absolute atomic E-state index is 0.256. The van der Waals surface area contributed by atoms with Crippen molar-refractivity contribution in [2.75, 3.05) is 0 Å². The first-order valence-corrected chi connectivity index (χ1v) is 7.16. The van der Waals surface area contributed by atoms with Gasteiger partial charge in [-0.15, -0.1) is 0 Å². The molecule has 98 valence electrons. The minimum Gasteiger partial charge on any atom is -0.207 e. The number of allylic oxidation sites excluding steroid dienone is 2. The molecule has 0 aromatic heterocycles. The molecule has 0 fully saturated rings. The normalized spacial score (nSPS) is 13.8. The first-order valence-electron chi connectivity index (χ1n) is 6.37. The third-order valence-electron chi connectivity index (χ3n) is 3.59. The molecule has 20 heavy (non-hydrogen) atoms. The second kappa shape index (κ2) is 5.22. The zero-order valence-corrected chi connectivity index (χ0v) is 12.2. The fourth-order valence-corrected chi connectivity index (χ4v) is 3.04. The van der Waals surface area contributed by atoms with Gasteiger partial charge in [-0.1, -0.05) is 34.1 Å². The molecule has 3 rings (SSSR count). The van der Waals surface area contributed by atoms with E-state index in [4.69, 9.17) is 0 Å². The molecule has 2 aromatic carbocycles. The summed E-state index contributed by atoms with van der Waals surface area (Å²) in [5, 5.41) is 9.50. The summed E-state index contributed by atoms with van der Waals surface area (Å²) < 4.78 is 14.1. The molecule has 0 spiro atoms. The molecule has 0 N–H and O–H groups in total. The largest absolute Gasteiger partial charge is 0.207 e. The van der Waals surface area contributed by atoms with Crippen LogP contribution >= 0.6 is 15.9 Å². The molecule has 0 atom stereocenters. The quantitative estimate of drug-likeness (QED) is 0.725. The van der Waals surface area contributed by atoms with Crippen LogP contribution in [0.15, 0.2) is 46.9 Å². The Bertz CT molecular complexity index is 739. The van der Waals surface area contributed by atoms with Gasteiger partial charge in [-0.05, 0) is 59.4 Å². The zero-order valence-electron chi connectivity index (χ0n) is 10.7. The molecule has 0 saturated heterocycles. The van der Waals surface area contributed by atoms with Crippen LogP contribution in [0.25, 0.3) is 11.1 Å². The van der Waals surface area contributed by atoms with E-state index in [-0.39, 0.29) is 5.82 Å². The summed E-state index contributed by atoms with van der Waals surface area (Å²) in [5.41, 5.74) is 4.80. The number of hydrogen-bond acceptors (Lipinski definition) is 1. The highest BCUT2D eigenvalue weighted by Gasteiger charge is 2.20. The number of halogens is 2. The van der Waals surface area contributed by atoms with Gasteiger partial charge in [0.15, 0.2) is 0 Å². The maximum absolute atomic E-state index is 13.0. The van der Waals surface area contributed by atoms with Crippen LogP contribution < -0.4 is 0 Å². The lowest BCUT2D eigenvalue weighted by Gasteiger charge is -2.20. The van der Waals surface area contributed by atoms with Crippen molar-refractivity contribution < 1.29 is 4.39 Å². The molecular formula is C17H11BrFN. The number of nitrogens with zero attached hydrogens (tertiary/aromatic N) is 1. The summed E-state index contributed by atoms with van der Waals surface area (Å²) in [4.78, 5) is 0. The van der Waals surface area contributed by atoms with Gasteiger partial charge < -0.3 is 0 Å². The van der Waals surface area contributed by atoms with E-state index in [1.165, 1.54) is 17.7 Å². The zero-order chi connectivity index (χ0) is 14.1. The molecular weight excluding hydrogens is 317 g/mol. The number of nitriles is 1. The first kappa shape index (κ1) is 13.1.